The number of hydrogen-bond acceptors (Lipinski definition) is 6. The Labute approximate surface area is 174 Å². The molecule has 1 aromatic rings. The zero-order valence-corrected chi connectivity index (χ0v) is 17.0. The number of carbonyl (C=O) groups is 3. The molecule has 1 saturated heterocycles. The van der Waals surface area contributed by atoms with Gasteiger partial charge in [0.05, 0.1) is 18.2 Å². The van der Waals surface area contributed by atoms with E-state index >= 15 is 0 Å². The van der Waals surface area contributed by atoms with Gasteiger partial charge in [0.1, 0.15) is 12.3 Å². The van der Waals surface area contributed by atoms with Gasteiger partial charge in [-0.2, -0.15) is 0 Å². The van der Waals surface area contributed by atoms with Crippen LogP contribution in [0.5, 0.6) is 0 Å². The molecule has 30 heavy (non-hydrogen) atoms. The molecule has 1 unspecified atom stereocenters. The molecule has 3 aliphatic carbocycles. The van der Waals surface area contributed by atoms with Crippen molar-refractivity contribution in [3.63, 3.8) is 0 Å². The van der Waals surface area contributed by atoms with Crippen LogP contribution in [-0.2, 0) is 14.4 Å². The molecule has 1 aliphatic heterocycles. The number of nitrogens with zero attached hydrogens (tertiary/aromatic N) is 3. The van der Waals surface area contributed by atoms with Gasteiger partial charge in [0.2, 0.25) is 12.3 Å². The second-order valence-corrected chi connectivity index (χ2v) is 9.69. The molecular formula is C21H28N4O5. The number of carbonyl (C=O) groups excluding carboxylic acids is 3. The summed E-state index contributed by atoms with van der Waals surface area (Å²) in [5.74, 6) is 0.218. The molecule has 162 valence electrons. The second kappa shape index (κ2) is 7.08. The minimum Gasteiger partial charge on any atom is -0.432 e. The summed E-state index contributed by atoms with van der Waals surface area (Å²) in [7, 11) is 0. The summed E-state index contributed by atoms with van der Waals surface area (Å²) in [6.45, 7) is 0.551. The van der Waals surface area contributed by atoms with Gasteiger partial charge in [0, 0.05) is 6.54 Å². The highest BCUT2D eigenvalue weighted by Crippen LogP contribution is 2.63. The minimum absolute atomic E-state index is 0.00587. The van der Waals surface area contributed by atoms with E-state index in [-0.39, 0.29) is 35.7 Å². The number of amides is 3. The molecule has 9 heteroatoms. The molecule has 5 rings (SSSR count). The van der Waals surface area contributed by atoms with Crippen molar-refractivity contribution in [3.05, 3.63) is 12.5 Å². The van der Waals surface area contributed by atoms with E-state index < -0.39 is 11.5 Å². The van der Waals surface area contributed by atoms with Gasteiger partial charge in [-0.25, -0.2) is 10.0 Å². The zero-order valence-electron chi connectivity index (χ0n) is 17.0. The number of hydroxylamine groups is 2. The Kier molecular flexibility index (Phi) is 4.61. The number of anilines is 1. The summed E-state index contributed by atoms with van der Waals surface area (Å²) < 4.78 is 5.13. The lowest BCUT2D eigenvalue weighted by molar-refractivity contribution is -0.160. The van der Waals surface area contributed by atoms with Crippen LogP contribution in [-0.4, -0.2) is 57.5 Å². The molecule has 0 bridgehead atoms. The zero-order chi connectivity index (χ0) is 20.9. The Morgan fingerprint density at radius 2 is 2.10 bits per heavy atom. The maximum Gasteiger partial charge on any atom is 0.301 e. The van der Waals surface area contributed by atoms with Crippen molar-refractivity contribution in [2.45, 2.75) is 57.4 Å². The lowest BCUT2D eigenvalue weighted by Crippen LogP contribution is -2.49. The molecular weight excluding hydrogens is 388 g/mol. The lowest BCUT2D eigenvalue weighted by Gasteiger charge is -2.30. The van der Waals surface area contributed by atoms with E-state index in [1.165, 1.54) is 12.5 Å². The number of likely N-dealkylation sites (tertiary alicyclic amines) is 1. The van der Waals surface area contributed by atoms with Crippen LogP contribution in [0.2, 0.25) is 0 Å². The van der Waals surface area contributed by atoms with Crippen LogP contribution in [0.1, 0.15) is 51.4 Å². The Morgan fingerprint density at radius 1 is 1.33 bits per heavy atom. The molecule has 0 radical (unpaired) electrons. The van der Waals surface area contributed by atoms with Crippen LogP contribution in [0.3, 0.4) is 0 Å². The number of oxazole rings is 1. The van der Waals surface area contributed by atoms with E-state index in [0.717, 1.165) is 38.5 Å². The number of nitrogens with one attached hydrogen (secondary N) is 1. The van der Waals surface area contributed by atoms with Crippen molar-refractivity contribution >= 4 is 24.2 Å². The Balaban J connectivity index is 1.38. The predicted molar refractivity (Wildman–Crippen MR) is 104 cm³/mol. The van der Waals surface area contributed by atoms with E-state index in [1.807, 2.05) is 0 Å². The summed E-state index contributed by atoms with van der Waals surface area (Å²) >= 11 is 0. The largest absolute Gasteiger partial charge is 0.432 e. The number of aromatic nitrogens is 1. The van der Waals surface area contributed by atoms with Crippen LogP contribution in [0.4, 0.5) is 6.01 Å². The summed E-state index contributed by atoms with van der Waals surface area (Å²) in [4.78, 5) is 43.6. The van der Waals surface area contributed by atoms with Gasteiger partial charge in [0.25, 0.3) is 5.91 Å². The predicted octanol–water partition coefficient (Wildman–Crippen LogP) is 2.04. The third kappa shape index (κ3) is 3.29. The molecule has 1 aromatic heterocycles. The fraction of sp³-hybridized carbons (Fsp3) is 0.714. The first-order chi connectivity index (χ1) is 14.5. The van der Waals surface area contributed by atoms with Gasteiger partial charge in [0.15, 0.2) is 0 Å². The molecule has 3 amide bonds. The van der Waals surface area contributed by atoms with Crippen LogP contribution >= 0.6 is 0 Å². The number of rotatable bonds is 7. The average molecular weight is 416 g/mol. The number of hydrogen-bond donors (Lipinski definition) is 2. The Bertz CT molecular complexity index is 832. The van der Waals surface area contributed by atoms with Crippen molar-refractivity contribution < 1.29 is 24.0 Å². The molecule has 2 N–H and O–H groups in total. The molecule has 0 aromatic carbocycles. The molecule has 4 fully saturated rings. The third-order valence-electron chi connectivity index (χ3n) is 7.79. The fourth-order valence-corrected chi connectivity index (χ4v) is 5.94. The molecule has 3 saturated carbocycles. The Morgan fingerprint density at radius 3 is 2.73 bits per heavy atom. The second-order valence-electron chi connectivity index (χ2n) is 9.69. The van der Waals surface area contributed by atoms with Gasteiger partial charge in [-0.15, -0.1) is 0 Å². The van der Waals surface area contributed by atoms with Crippen molar-refractivity contribution in [3.8, 4) is 0 Å². The lowest BCUT2D eigenvalue weighted by atomic mass is 9.91. The summed E-state index contributed by atoms with van der Waals surface area (Å²) in [5.41, 5.74) is -0.761. The van der Waals surface area contributed by atoms with Crippen molar-refractivity contribution in [2.24, 2.45) is 22.7 Å². The quantitative estimate of drug-likeness (QED) is 0.399. The van der Waals surface area contributed by atoms with Gasteiger partial charge < -0.3 is 9.32 Å². The van der Waals surface area contributed by atoms with E-state index in [0.29, 0.717) is 36.8 Å². The SMILES string of the molecule is O=CN(O)CC1(C(=O)N2CC3(CC3)C[C@H]2C(=O)Nc2ncco2)C[C@H]1C1CCCC1. The standard InChI is InChI=1S/C21H28N4O5/c26-13-24(29)12-21(9-15(21)14-3-1-2-4-14)18(28)25-11-20(5-6-20)10-16(25)17(27)23-19-22-7-8-30-19/h7-8,13-16,29H,1-6,9-12H2,(H,22,23,27)/t15-,16-,21?/m0/s1. The summed E-state index contributed by atoms with van der Waals surface area (Å²) in [5, 5.41) is 13.2. The smallest absolute Gasteiger partial charge is 0.301 e. The van der Waals surface area contributed by atoms with Crippen molar-refractivity contribution in [1.82, 2.24) is 14.9 Å². The minimum atomic E-state index is -0.785. The van der Waals surface area contributed by atoms with Gasteiger partial charge >= 0.3 is 6.01 Å². The molecule has 9 nitrogen and oxygen atoms in total. The fourth-order valence-electron chi connectivity index (χ4n) is 5.94. The summed E-state index contributed by atoms with van der Waals surface area (Å²) in [6.07, 6.45) is 11.0. The topological polar surface area (TPSA) is 116 Å². The highest BCUT2D eigenvalue weighted by Gasteiger charge is 2.67. The van der Waals surface area contributed by atoms with Crippen LogP contribution < -0.4 is 5.32 Å². The average Bonchev–Trinajstić information content (AvgIpc) is 3.35. The first-order valence-electron chi connectivity index (χ1n) is 10.9. The molecule has 3 atom stereocenters. The van der Waals surface area contributed by atoms with Gasteiger partial charge in [-0.1, -0.05) is 25.7 Å². The molecule has 4 aliphatic rings. The normalized spacial score (nSPS) is 31.7. The van der Waals surface area contributed by atoms with Crippen molar-refractivity contribution in [2.75, 3.05) is 18.4 Å². The van der Waals surface area contributed by atoms with E-state index in [2.05, 4.69) is 10.3 Å². The van der Waals surface area contributed by atoms with Crippen molar-refractivity contribution in [1.29, 1.82) is 0 Å². The molecule has 2 heterocycles. The first-order valence-corrected chi connectivity index (χ1v) is 10.9. The highest BCUT2D eigenvalue weighted by atomic mass is 16.5. The maximum atomic E-state index is 13.8. The first kappa shape index (κ1) is 19.5. The van der Waals surface area contributed by atoms with Crippen LogP contribution in [0, 0.1) is 22.7 Å². The van der Waals surface area contributed by atoms with Gasteiger partial charge in [-0.3, -0.25) is 24.9 Å². The van der Waals surface area contributed by atoms with Gasteiger partial charge in [-0.05, 0) is 42.9 Å². The monoisotopic (exact) mass is 416 g/mol. The molecule has 1 spiro atoms. The third-order valence-corrected chi connectivity index (χ3v) is 7.79. The summed E-state index contributed by atoms with van der Waals surface area (Å²) in [6, 6.07) is -0.464. The van der Waals surface area contributed by atoms with E-state index in [4.69, 9.17) is 4.42 Å². The maximum absolute atomic E-state index is 13.8. The van der Waals surface area contributed by atoms with E-state index in [1.54, 1.807) is 4.90 Å². The van der Waals surface area contributed by atoms with Crippen LogP contribution in [0.15, 0.2) is 16.9 Å². The van der Waals surface area contributed by atoms with E-state index in [9.17, 15) is 19.6 Å². The highest BCUT2D eigenvalue weighted by molar-refractivity contribution is 5.98. The Hall–Kier alpha value is -2.42. The van der Waals surface area contributed by atoms with Crippen LogP contribution in [0.25, 0.3) is 0 Å².